The van der Waals surface area contributed by atoms with Crippen LogP contribution >= 0.6 is 0 Å². The first-order valence-electron chi connectivity index (χ1n) is 6.32. The molecule has 0 amide bonds. The van der Waals surface area contributed by atoms with Crippen LogP contribution in [-0.4, -0.2) is 18.1 Å². The van der Waals surface area contributed by atoms with Gasteiger partial charge in [-0.2, -0.15) is 0 Å². The number of hydrogen-bond acceptors (Lipinski definition) is 3. The summed E-state index contributed by atoms with van der Waals surface area (Å²) in [4.78, 5) is 15.8. The number of aromatic nitrogens is 1. The predicted octanol–water partition coefficient (Wildman–Crippen LogP) is 3.69. The summed E-state index contributed by atoms with van der Waals surface area (Å²) in [5.74, 6) is -0.323. The average molecular weight is 263 g/mol. The summed E-state index contributed by atoms with van der Waals surface area (Å²) in [7, 11) is 1.38. The molecule has 1 heterocycles. The Kier molecular flexibility index (Phi) is 3.17. The fraction of sp³-hybridized carbons (Fsp3) is 0.0588. The standard InChI is InChI=1S/C17H13NO2/c1-20-17(19)13-8-6-12(7-9-13)14-10-11-18-16-5-3-2-4-15(14)16/h2-11H,1H3. The first-order chi connectivity index (χ1) is 9.79. The highest BCUT2D eigenvalue weighted by Crippen LogP contribution is 2.27. The molecular weight excluding hydrogens is 250 g/mol. The minimum absolute atomic E-state index is 0.323. The van der Waals surface area contributed by atoms with E-state index in [4.69, 9.17) is 4.74 Å². The van der Waals surface area contributed by atoms with Crippen LogP contribution in [0.1, 0.15) is 10.4 Å². The molecule has 0 unspecified atom stereocenters. The number of pyridine rings is 1. The molecular formula is C17H13NO2. The quantitative estimate of drug-likeness (QED) is 0.662. The van der Waals surface area contributed by atoms with Crippen LogP contribution in [0.4, 0.5) is 0 Å². The molecule has 3 heteroatoms. The smallest absolute Gasteiger partial charge is 0.337 e. The summed E-state index contributed by atoms with van der Waals surface area (Å²) in [6.07, 6.45) is 1.80. The lowest BCUT2D eigenvalue weighted by atomic mass is 10.0. The normalized spacial score (nSPS) is 10.4. The van der Waals surface area contributed by atoms with Gasteiger partial charge in [0.05, 0.1) is 18.2 Å². The maximum absolute atomic E-state index is 11.4. The second-order valence-electron chi connectivity index (χ2n) is 4.44. The Morgan fingerprint density at radius 2 is 1.75 bits per heavy atom. The van der Waals surface area contributed by atoms with Crippen LogP contribution in [0.25, 0.3) is 22.0 Å². The summed E-state index contributed by atoms with van der Waals surface area (Å²) >= 11 is 0. The Balaban J connectivity index is 2.09. The molecule has 0 aliphatic carbocycles. The highest BCUT2D eigenvalue weighted by molar-refractivity contribution is 5.95. The minimum atomic E-state index is -0.323. The van der Waals surface area contributed by atoms with E-state index in [0.717, 1.165) is 22.0 Å². The van der Waals surface area contributed by atoms with Gasteiger partial charge in [0.25, 0.3) is 0 Å². The van der Waals surface area contributed by atoms with Crippen LogP contribution in [0.5, 0.6) is 0 Å². The lowest BCUT2D eigenvalue weighted by Crippen LogP contribution is -2.00. The fourth-order valence-electron chi connectivity index (χ4n) is 2.25. The number of para-hydroxylation sites is 1. The van der Waals surface area contributed by atoms with Crippen molar-refractivity contribution in [2.24, 2.45) is 0 Å². The van der Waals surface area contributed by atoms with Gasteiger partial charge in [-0.05, 0) is 35.4 Å². The van der Waals surface area contributed by atoms with E-state index in [1.54, 1.807) is 18.3 Å². The van der Waals surface area contributed by atoms with Gasteiger partial charge in [0.15, 0.2) is 0 Å². The van der Waals surface area contributed by atoms with Crippen molar-refractivity contribution in [1.82, 2.24) is 4.98 Å². The van der Waals surface area contributed by atoms with E-state index >= 15 is 0 Å². The number of carbonyl (C=O) groups is 1. The molecule has 0 fully saturated rings. The SMILES string of the molecule is COC(=O)c1ccc(-c2ccnc3ccccc23)cc1. The number of nitrogens with zero attached hydrogens (tertiary/aromatic N) is 1. The number of benzene rings is 2. The number of carbonyl (C=O) groups excluding carboxylic acids is 1. The van der Waals surface area contributed by atoms with E-state index in [2.05, 4.69) is 4.98 Å². The summed E-state index contributed by atoms with van der Waals surface area (Å²) in [6.45, 7) is 0. The summed E-state index contributed by atoms with van der Waals surface area (Å²) in [6, 6.07) is 17.4. The number of ether oxygens (including phenoxy) is 1. The molecule has 1 aromatic heterocycles. The van der Waals surface area contributed by atoms with Gasteiger partial charge in [-0.25, -0.2) is 4.79 Å². The number of fused-ring (bicyclic) bond motifs is 1. The van der Waals surface area contributed by atoms with Gasteiger partial charge >= 0.3 is 5.97 Å². The Bertz CT molecular complexity index is 758. The average Bonchev–Trinajstić information content (AvgIpc) is 2.54. The van der Waals surface area contributed by atoms with Crippen LogP contribution in [0.3, 0.4) is 0 Å². The predicted molar refractivity (Wildman–Crippen MR) is 78.5 cm³/mol. The molecule has 0 atom stereocenters. The number of rotatable bonds is 2. The maximum atomic E-state index is 11.4. The van der Waals surface area contributed by atoms with Crippen LogP contribution in [-0.2, 0) is 4.74 Å². The Labute approximate surface area is 116 Å². The van der Waals surface area contributed by atoms with E-state index < -0.39 is 0 Å². The third-order valence-electron chi connectivity index (χ3n) is 3.27. The summed E-state index contributed by atoms with van der Waals surface area (Å²) < 4.78 is 4.70. The van der Waals surface area contributed by atoms with Crippen LogP contribution in [0, 0.1) is 0 Å². The van der Waals surface area contributed by atoms with E-state index in [1.807, 2.05) is 42.5 Å². The molecule has 0 bridgehead atoms. The van der Waals surface area contributed by atoms with Crippen LogP contribution in [0.15, 0.2) is 60.8 Å². The zero-order valence-electron chi connectivity index (χ0n) is 11.0. The zero-order valence-corrected chi connectivity index (χ0v) is 11.0. The second-order valence-corrected chi connectivity index (χ2v) is 4.44. The molecule has 0 spiro atoms. The van der Waals surface area contributed by atoms with Crippen molar-refractivity contribution in [3.8, 4) is 11.1 Å². The van der Waals surface area contributed by atoms with Crippen molar-refractivity contribution >= 4 is 16.9 Å². The Hall–Kier alpha value is -2.68. The molecule has 3 nitrogen and oxygen atoms in total. The van der Waals surface area contributed by atoms with Crippen LogP contribution < -0.4 is 0 Å². The van der Waals surface area contributed by atoms with Gasteiger partial charge in [-0.3, -0.25) is 4.98 Å². The van der Waals surface area contributed by atoms with Crippen molar-refractivity contribution in [3.05, 3.63) is 66.4 Å². The van der Waals surface area contributed by atoms with Gasteiger partial charge in [-0.15, -0.1) is 0 Å². The van der Waals surface area contributed by atoms with Crippen molar-refractivity contribution in [1.29, 1.82) is 0 Å². The third kappa shape index (κ3) is 2.14. The first-order valence-corrected chi connectivity index (χ1v) is 6.32. The van der Waals surface area contributed by atoms with Crippen molar-refractivity contribution in [3.63, 3.8) is 0 Å². The summed E-state index contributed by atoms with van der Waals surface area (Å²) in [5, 5.41) is 1.10. The molecule has 0 aliphatic rings. The van der Waals surface area contributed by atoms with E-state index in [-0.39, 0.29) is 5.97 Å². The van der Waals surface area contributed by atoms with Crippen molar-refractivity contribution in [2.75, 3.05) is 7.11 Å². The highest BCUT2D eigenvalue weighted by atomic mass is 16.5. The van der Waals surface area contributed by atoms with E-state index in [0.29, 0.717) is 5.56 Å². The largest absolute Gasteiger partial charge is 0.465 e. The molecule has 0 radical (unpaired) electrons. The molecule has 0 N–H and O–H groups in total. The number of hydrogen-bond donors (Lipinski definition) is 0. The topological polar surface area (TPSA) is 39.2 Å². The van der Waals surface area contributed by atoms with Crippen molar-refractivity contribution in [2.45, 2.75) is 0 Å². The van der Waals surface area contributed by atoms with Crippen LogP contribution in [0.2, 0.25) is 0 Å². The molecule has 3 rings (SSSR count). The molecule has 3 aromatic rings. The zero-order chi connectivity index (χ0) is 13.9. The molecule has 20 heavy (non-hydrogen) atoms. The van der Waals surface area contributed by atoms with Gasteiger partial charge < -0.3 is 4.74 Å². The summed E-state index contributed by atoms with van der Waals surface area (Å²) in [5.41, 5.74) is 3.67. The van der Waals surface area contributed by atoms with Gasteiger partial charge in [0, 0.05) is 11.6 Å². The lowest BCUT2D eigenvalue weighted by Gasteiger charge is -2.07. The van der Waals surface area contributed by atoms with Gasteiger partial charge in [0.2, 0.25) is 0 Å². The third-order valence-corrected chi connectivity index (χ3v) is 3.27. The molecule has 2 aromatic carbocycles. The molecule has 98 valence electrons. The number of methoxy groups -OCH3 is 1. The molecule has 0 aliphatic heterocycles. The first kappa shape index (κ1) is 12.4. The molecule has 0 saturated carbocycles. The maximum Gasteiger partial charge on any atom is 0.337 e. The Morgan fingerprint density at radius 1 is 1.00 bits per heavy atom. The fourth-order valence-corrected chi connectivity index (χ4v) is 2.25. The van der Waals surface area contributed by atoms with Gasteiger partial charge in [-0.1, -0.05) is 30.3 Å². The van der Waals surface area contributed by atoms with Crippen molar-refractivity contribution < 1.29 is 9.53 Å². The van der Waals surface area contributed by atoms with Gasteiger partial charge in [0.1, 0.15) is 0 Å². The number of esters is 1. The van der Waals surface area contributed by atoms with E-state index in [1.165, 1.54) is 7.11 Å². The van der Waals surface area contributed by atoms with E-state index in [9.17, 15) is 4.79 Å². The minimum Gasteiger partial charge on any atom is -0.465 e. The highest BCUT2D eigenvalue weighted by Gasteiger charge is 2.07. The second kappa shape index (κ2) is 5.13. The Morgan fingerprint density at radius 3 is 2.50 bits per heavy atom. The lowest BCUT2D eigenvalue weighted by molar-refractivity contribution is 0.0601. The molecule has 0 saturated heterocycles. The monoisotopic (exact) mass is 263 g/mol.